The van der Waals surface area contributed by atoms with E-state index in [1.807, 2.05) is 0 Å². The van der Waals surface area contributed by atoms with Crippen LogP contribution in [0.2, 0.25) is 0 Å². The highest BCUT2D eigenvalue weighted by molar-refractivity contribution is 5.56. The molecule has 1 unspecified atom stereocenters. The molecule has 0 aromatic carbocycles. The van der Waals surface area contributed by atoms with Crippen molar-refractivity contribution in [3.63, 3.8) is 0 Å². The monoisotopic (exact) mass is 280 g/mol. The number of nitrogens with one attached hydrogen (secondary N) is 2. The Morgan fingerprint density at radius 2 is 2.30 bits per heavy atom. The Morgan fingerprint density at radius 1 is 1.60 bits per heavy atom. The molecule has 0 radical (unpaired) electrons. The molecule has 1 heterocycles. The van der Waals surface area contributed by atoms with Crippen LogP contribution in [0.5, 0.6) is 0 Å². The minimum atomic E-state index is -0.475. The van der Waals surface area contributed by atoms with E-state index in [2.05, 4.69) is 39.5 Å². The molecule has 0 amide bonds. The Balaban J connectivity index is 2.04. The summed E-state index contributed by atoms with van der Waals surface area (Å²) in [4.78, 5) is 20.8. The van der Waals surface area contributed by atoms with Crippen molar-refractivity contribution in [1.29, 1.82) is 0 Å². The fourth-order valence-electron chi connectivity index (χ4n) is 1.99. The zero-order valence-electron chi connectivity index (χ0n) is 12.0. The van der Waals surface area contributed by atoms with Gasteiger partial charge in [-0.1, -0.05) is 0 Å². The molecular weight excluding hydrogens is 260 g/mol. The van der Waals surface area contributed by atoms with Crippen molar-refractivity contribution in [1.82, 2.24) is 14.9 Å². The van der Waals surface area contributed by atoms with E-state index in [1.54, 1.807) is 7.05 Å². The fourth-order valence-corrected chi connectivity index (χ4v) is 1.99. The van der Waals surface area contributed by atoms with Gasteiger partial charge in [-0.25, -0.2) is 4.98 Å². The van der Waals surface area contributed by atoms with Gasteiger partial charge in [0.2, 0.25) is 11.8 Å². The lowest BCUT2D eigenvalue weighted by Crippen LogP contribution is -2.36. The summed E-state index contributed by atoms with van der Waals surface area (Å²) in [6.45, 7) is 2.70. The minimum Gasteiger partial charge on any atom is -0.363 e. The van der Waals surface area contributed by atoms with Gasteiger partial charge in [-0.2, -0.15) is 4.98 Å². The van der Waals surface area contributed by atoms with Crippen molar-refractivity contribution in [2.24, 2.45) is 0 Å². The summed E-state index contributed by atoms with van der Waals surface area (Å²) in [5.74, 6) is 0.617. The maximum Gasteiger partial charge on any atom is 0.329 e. The quantitative estimate of drug-likeness (QED) is 0.574. The van der Waals surface area contributed by atoms with Gasteiger partial charge in [0.15, 0.2) is 0 Å². The van der Waals surface area contributed by atoms with E-state index in [0.717, 1.165) is 0 Å². The van der Waals surface area contributed by atoms with Crippen molar-refractivity contribution < 1.29 is 4.92 Å². The van der Waals surface area contributed by atoms with Gasteiger partial charge < -0.3 is 10.6 Å². The molecule has 1 atom stereocenters. The van der Waals surface area contributed by atoms with Gasteiger partial charge in [0, 0.05) is 25.7 Å². The molecule has 1 aliphatic rings. The summed E-state index contributed by atoms with van der Waals surface area (Å²) < 4.78 is 0. The standard InChI is InChI=1S/C12H20N6O2/c1-8(17(3)9-4-5-9)6-14-11-10(18(19)20)7-15-12(13-2)16-11/h7-9H,4-6H2,1-3H3,(H2,13,14,15,16). The average molecular weight is 280 g/mol. The second-order valence-electron chi connectivity index (χ2n) is 5.06. The molecule has 2 rings (SSSR count). The number of likely N-dealkylation sites (N-methyl/N-ethyl adjacent to an activating group) is 1. The Morgan fingerprint density at radius 3 is 2.85 bits per heavy atom. The molecule has 0 aliphatic heterocycles. The second-order valence-corrected chi connectivity index (χ2v) is 5.06. The maximum atomic E-state index is 11.0. The van der Waals surface area contributed by atoms with Crippen LogP contribution < -0.4 is 10.6 Å². The molecule has 8 nitrogen and oxygen atoms in total. The predicted molar refractivity (Wildman–Crippen MR) is 77.0 cm³/mol. The molecule has 0 spiro atoms. The van der Waals surface area contributed by atoms with Gasteiger partial charge >= 0.3 is 5.69 Å². The SMILES string of the molecule is CNc1ncc([N+](=O)[O-])c(NCC(C)N(C)C2CC2)n1. The van der Waals surface area contributed by atoms with Gasteiger partial charge in [0.05, 0.1) is 4.92 Å². The molecule has 1 saturated carbocycles. The van der Waals surface area contributed by atoms with Crippen molar-refractivity contribution in [2.45, 2.75) is 31.8 Å². The number of anilines is 2. The first-order valence-electron chi connectivity index (χ1n) is 6.68. The fraction of sp³-hybridized carbons (Fsp3) is 0.667. The predicted octanol–water partition coefficient (Wildman–Crippen LogP) is 1.32. The van der Waals surface area contributed by atoms with Gasteiger partial charge in [-0.15, -0.1) is 0 Å². The summed E-state index contributed by atoms with van der Waals surface area (Å²) in [5.41, 5.74) is -0.106. The second kappa shape index (κ2) is 6.00. The number of hydrogen-bond donors (Lipinski definition) is 2. The first-order chi connectivity index (χ1) is 9.52. The molecule has 0 bridgehead atoms. The van der Waals surface area contributed by atoms with Crippen LogP contribution in [0.3, 0.4) is 0 Å². The number of nitro groups is 1. The van der Waals surface area contributed by atoms with Crippen LogP contribution in [-0.4, -0.2) is 52.5 Å². The van der Waals surface area contributed by atoms with Crippen LogP contribution in [0.25, 0.3) is 0 Å². The van der Waals surface area contributed by atoms with E-state index < -0.39 is 4.92 Å². The van der Waals surface area contributed by atoms with Gasteiger partial charge in [0.1, 0.15) is 6.20 Å². The van der Waals surface area contributed by atoms with E-state index >= 15 is 0 Å². The van der Waals surface area contributed by atoms with Crippen molar-refractivity contribution >= 4 is 17.5 Å². The maximum absolute atomic E-state index is 11.0. The summed E-state index contributed by atoms with van der Waals surface area (Å²) in [6.07, 6.45) is 3.69. The lowest BCUT2D eigenvalue weighted by atomic mass is 10.3. The third-order valence-electron chi connectivity index (χ3n) is 3.57. The lowest BCUT2D eigenvalue weighted by Gasteiger charge is -2.24. The smallest absolute Gasteiger partial charge is 0.329 e. The lowest BCUT2D eigenvalue weighted by molar-refractivity contribution is -0.384. The normalized spacial score (nSPS) is 16.0. The van der Waals surface area contributed by atoms with E-state index in [1.165, 1.54) is 19.0 Å². The first-order valence-corrected chi connectivity index (χ1v) is 6.68. The van der Waals surface area contributed by atoms with Gasteiger partial charge in [-0.3, -0.25) is 15.0 Å². The van der Waals surface area contributed by atoms with Crippen LogP contribution in [0.1, 0.15) is 19.8 Å². The summed E-state index contributed by atoms with van der Waals surface area (Å²) >= 11 is 0. The molecule has 0 saturated heterocycles. The molecule has 2 N–H and O–H groups in total. The number of rotatable bonds is 7. The Bertz CT molecular complexity index is 491. The highest BCUT2D eigenvalue weighted by Crippen LogP contribution is 2.27. The van der Waals surface area contributed by atoms with Crippen molar-refractivity contribution in [3.8, 4) is 0 Å². The Hall–Kier alpha value is -1.96. The molecule has 20 heavy (non-hydrogen) atoms. The van der Waals surface area contributed by atoms with Gasteiger partial charge in [-0.05, 0) is 26.8 Å². The molecule has 1 aliphatic carbocycles. The molecular formula is C12H20N6O2. The summed E-state index contributed by atoms with van der Waals surface area (Å²) in [7, 11) is 3.76. The molecule has 1 fully saturated rings. The average Bonchev–Trinajstić information content (AvgIpc) is 3.27. The zero-order valence-corrected chi connectivity index (χ0v) is 12.0. The third kappa shape index (κ3) is 3.32. The first kappa shape index (κ1) is 14.4. The minimum absolute atomic E-state index is 0.106. The Kier molecular flexibility index (Phi) is 4.33. The zero-order chi connectivity index (χ0) is 14.7. The summed E-state index contributed by atoms with van der Waals surface area (Å²) in [6, 6.07) is 0.940. The van der Waals surface area contributed by atoms with E-state index in [4.69, 9.17) is 0 Å². The molecule has 110 valence electrons. The van der Waals surface area contributed by atoms with Crippen LogP contribution >= 0.6 is 0 Å². The van der Waals surface area contributed by atoms with E-state index in [-0.39, 0.29) is 17.5 Å². The van der Waals surface area contributed by atoms with Crippen LogP contribution in [0, 0.1) is 10.1 Å². The summed E-state index contributed by atoms with van der Waals surface area (Å²) in [5, 5.41) is 16.8. The topological polar surface area (TPSA) is 96.2 Å². The van der Waals surface area contributed by atoms with E-state index in [0.29, 0.717) is 18.5 Å². The number of hydrogen-bond acceptors (Lipinski definition) is 7. The Labute approximate surface area is 117 Å². The van der Waals surface area contributed by atoms with Crippen LogP contribution in [0.4, 0.5) is 17.5 Å². The molecule has 8 heteroatoms. The third-order valence-corrected chi connectivity index (χ3v) is 3.57. The van der Waals surface area contributed by atoms with Crippen molar-refractivity contribution in [2.75, 3.05) is 31.3 Å². The van der Waals surface area contributed by atoms with Gasteiger partial charge in [0.25, 0.3) is 0 Å². The highest BCUT2D eigenvalue weighted by atomic mass is 16.6. The number of nitrogens with zero attached hydrogens (tertiary/aromatic N) is 4. The van der Waals surface area contributed by atoms with E-state index in [9.17, 15) is 10.1 Å². The largest absolute Gasteiger partial charge is 0.363 e. The highest BCUT2D eigenvalue weighted by Gasteiger charge is 2.29. The van der Waals surface area contributed by atoms with Crippen LogP contribution in [-0.2, 0) is 0 Å². The number of aromatic nitrogens is 2. The van der Waals surface area contributed by atoms with Crippen LogP contribution in [0.15, 0.2) is 6.20 Å². The van der Waals surface area contributed by atoms with Crippen molar-refractivity contribution in [3.05, 3.63) is 16.3 Å². The molecule has 1 aromatic rings. The molecule has 1 aromatic heterocycles.